The number of rotatable bonds is 5. The molecule has 0 saturated heterocycles. The maximum atomic E-state index is 11.6. The van der Waals surface area contributed by atoms with Crippen molar-refractivity contribution in [2.75, 3.05) is 18.5 Å². The van der Waals surface area contributed by atoms with Gasteiger partial charge in [0.1, 0.15) is 6.54 Å². The van der Waals surface area contributed by atoms with Gasteiger partial charge in [-0.3, -0.25) is 4.79 Å². The molecule has 104 valence electrons. The minimum Gasteiger partial charge on any atom is -0.465 e. The van der Waals surface area contributed by atoms with Crippen LogP contribution in [0.15, 0.2) is 24.3 Å². The Hall–Kier alpha value is -2.04. The molecule has 5 heteroatoms. The highest BCUT2D eigenvalue weighted by Crippen LogP contribution is 2.18. The Morgan fingerprint density at radius 2 is 2.05 bits per heavy atom. The van der Waals surface area contributed by atoms with Gasteiger partial charge in [-0.25, -0.2) is 4.79 Å². The smallest absolute Gasteiger partial charge is 0.325 e. The van der Waals surface area contributed by atoms with Crippen molar-refractivity contribution in [2.45, 2.75) is 26.7 Å². The summed E-state index contributed by atoms with van der Waals surface area (Å²) in [6.07, 6.45) is 0. The molecular formula is C14H20N2O3. The summed E-state index contributed by atoms with van der Waals surface area (Å²) < 4.78 is 4.71. The van der Waals surface area contributed by atoms with Crippen LogP contribution in [-0.2, 0) is 9.53 Å². The third kappa shape index (κ3) is 5.42. The largest absolute Gasteiger partial charge is 0.465 e. The summed E-state index contributed by atoms with van der Waals surface area (Å²) in [4.78, 5) is 22.7. The number of ether oxygens (including phenoxy) is 1. The number of esters is 1. The molecule has 0 bridgehead atoms. The number of carbonyl (C=O) groups is 2. The van der Waals surface area contributed by atoms with Crippen molar-refractivity contribution in [1.82, 2.24) is 5.32 Å². The van der Waals surface area contributed by atoms with Crippen molar-refractivity contribution in [3.8, 4) is 0 Å². The summed E-state index contributed by atoms with van der Waals surface area (Å²) in [5, 5.41) is 5.12. The van der Waals surface area contributed by atoms with Crippen molar-refractivity contribution < 1.29 is 14.3 Å². The van der Waals surface area contributed by atoms with E-state index in [0.717, 1.165) is 5.56 Å². The maximum absolute atomic E-state index is 11.6. The standard InChI is InChI=1S/C14H20N2O3/c1-4-19-13(17)9-15-14(18)16-12-7-5-6-11(8-12)10(2)3/h5-8,10H,4,9H2,1-3H3,(H2,15,16,18). The first-order valence-corrected chi connectivity index (χ1v) is 6.33. The summed E-state index contributed by atoms with van der Waals surface area (Å²) in [6, 6.07) is 7.18. The first-order chi connectivity index (χ1) is 9.02. The molecule has 5 nitrogen and oxygen atoms in total. The third-order valence-corrected chi connectivity index (χ3v) is 2.51. The van der Waals surface area contributed by atoms with E-state index in [1.54, 1.807) is 13.0 Å². The molecule has 0 radical (unpaired) electrons. The molecular weight excluding hydrogens is 244 g/mol. The van der Waals surface area contributed by atoms with Crippen LogP contribution in [0.1, 0.15) is 32.3 Å². The van der Waals surface area contributed by atoms with Gasteiger partial charge in [0.15, 0.2) is 0 Å². The third-order valence-electron chi connectivity index (χ3n) is 2.51. The van der Waals surface area contributed by atoms with Gasteiger partial charge >= 0.3 is 12.0 Å². The molecule has 2 amide bonds. The van der Waals surface area contributed by atoms with Gasteiger partial charge in [-0.2, -0.15) is 0 Å². The highest BCUT2D eigenvalue weighted by atomic mass is 16.5. The summed E-state index contributed by atoms with van der Waals surface area (Å²) in [6.45, 7) is 6.05. The molecule has 1 rings (SSSR count). The van der Waals surface area contributed by atoms with Gasteiger partial charge in [-0.05, 0) is 30.5 Å². The monoisotopic (exact) mass is 264 g/mol. The Bertz CT molecular complexity index is 444. The van der Waals surface area contributed by atoms with Crippen molar-refractivity contribution in [3.05, 3.63) is 29.8 Å². The highest BCUT2D eigenvalue weighted by Gasteiger charge is 2.07. The molecule has 0 saturated carbocycles. The minimum atomic E-state index is -0.450. The summed E-state index contributed by atoms with van der Waals surface area (Å²) in [5.74, 6) is -0.0575. The zero-order chi connectivity index (χ0) is 14.3. The second-order valence-corrected chi connectivity index (χ2v) is 4.39. The molecule has 0 fully saturated rings. The van der Waals surface area contributed by atoms with Gasteiger partial charge in [0.05, 0.1) is 6.61 Å². The number of amides is 2. The Balaban J connectivity index is 2.48. The van der Waals surface area contributed by atoms with Crippen LogP contribution >= 0.6 is 0 Å². The zero-order valence-corrected chi connectivity index (χ0v) is 11.5. The Labute approximate surface area is 113 Å². The normalized spacial score (nSPS) is 10.1. The van der Waals surface area contributed by atoms with Gasteiger partial charge in [-0.1, -0.05) is 26.0 Å². The van der Waals surface area contributed by atoms with Crippen molar-refractivity contribution in [2.24, 2.45) is 0 Å². The number of hydrogen-bond donors (Lipinski definition) is 2. The van der Waals surface area contributed by atoms with Crippen LogP contribution in [0.25, 0.3) is 0 Å². The van der Waals surface area contributed by atoms with Crippen LogP contribution in [0.3, 0.4) is 0 Å². The SMILES string of the molecule is CCOC(=O)CNC(=O)Nc1cccc(C(C)C)c1. The number of benzene rings is 1. The van der Waals surface area contributed by atoms with Crippen molar-refractivity contribution in [1.29, 1.82) is 0 Å². The van der Waals surface area contributed by atoms with Gasteiger partial charge in [0.2, 0.25) is 0 Å². The number of hydrogen-bond acceptors (Lipinski definition) is 3. The molecule has 1 aromatic rings. The van der Waals surface area contributed by atoms with Crippen molar-refractivity contribution in [3.63, 3.8) is 0 Å². The van der Waals surface area contributed by atoms with Crippen LogP contribution < -0.4 is 10.6 Å². The lowest BCUT2D eigenvalue weighted by molar-refractivity contribution is -0.141. The van der Waals surface area contributed by atoms with E-state index in [-0.39, 0.29) is 6.54 Å². The topological polar surface area (TPSA) is 67.4 Å². The van der Waals surface area contributed by atoms with E-state index in [2.05, 4.69) is 24.5 Å². The van der Waals surface area contributed by atoms with Gasteiger partial charge < -0.3 is 15.4 Å². The molecule has 0 aliphatic carbocycles. The Morgan fingerprint density at radius 3 is 2.68 bits per heavy atom. The van der Waals surface area contributed by atoms with E-state index in [4.69, 9.17) is 4.74 Å². The Morgan fingerprint density at radius 1 is 1.32 bits per heavy atom. The molecule has 0 unspecified atom stereocenters. The predicted octanol–water partition coefficient (Wildman–Crippen LogP) is 2.49. The van der Waals surface area contributed by atoms with Crippen LogP contribution in [0.2, 0.25) is 0 Å². The molecule has 0 atom stereocenters. The van der Waals surface area contributed by atoms with E-state index < -0.39 is 12.0 Å². The van der Waals surface area contributed by atoms with Crippen LogP contribution in [0, 0.1) is 0 Å². The number of anilines is 1. The fraction of sp³-hybridized carbons (Fsp3) is 0.429. The molecule has 0 spiro atoms. The first-order valence-electron chi connectivity index (χ1n) is 6.33. The van der Waals surface area contributed by atoms with Crippen LogP contribution in [0.4, 0.5) is 10.5 Å². The van der Waals surface area contributed by atoms with E-state index in [1.807, 2.05) is 18.2 Å². The van der Waals surface area contributed by atoms with Gasteiger partial charge in [-0.15, -0.1) is 0 Å². The number of nitrogens with one attached hydrogen (secondary N) is 2. The molecule has 2 N–H and O–H groups in total. The summed E-state index contributed by atoms with van der Waals surface area (Å²) in [5.41, 5.74) is 1.84. The highest BCUT2D eigenvalue weighted by molar-refractivity contribution is 5.91. The molecule has 0 aromatic heterocycles. The van der Waals surface area contributed by atoms with Gasteiger partial charge in [0, 0.05) is 5.69 Å². The average Bonchev–Trinajstić information content (AvgIpc) is 2.37. The van der Waals surface area contributed by atoms with E-state index in [1.165, 1.54) is 0 Å². The first kappa shape index (κ1) is 15.0. The Kier molecular flexibility index (Phi) is 5.85. The molecule has 19 heavy (non-hydrogen) atoms. The summed E-state index contributed by atoms with van der Waals surface area (Å²) >= 11 is 0. The van der Waals surface area contributed by atoms with Crippen LogP contribution in [-0.4, -0.2) is 25.2 Å². The fourth-order valence-corrected chi connectivity index (χ4v) is 1.52. The lowest BCUT2D eigenvalue weighted by Gasteiger charge is -2.10. The number of carbonyl (C=O) groups excluding carboxylic acids is 2. The zero-order valence-electron chi connectivity index (χ0n) is 11.5. The van der Waals surface area contributed by atoms with Crippen LogP contribution in [0.5, 0.6) is 0 Å². The lowest BCUT2D eigenvalue weighted by atomic mass is 10.0. The number of urea groups is 1. The van der Waals surface area contributed by atoms with E-state index in [0.29, 0.717) is 18.2 Å². The molecule has 0 heterocycles. The fourth-order valence-electron chi connectivity index (χ4n) is 1.52. The lowest BCUT2D eigenvalue weighted by Crippen LogP contribution is -2.34. The second-order valence-electron chi connectivity index (χ2n) is 4.39. The van der Waals surface area contributed by atoms with E-state index in [9.17, 15) is 9.59 Å². The van der Waals surface area contributed by atoms with E-state index >= 15 is 0 Å². The van der Waals surface area contributed by atoms with Crippen molar-refractivity contribution >= 4 is 17.7 Å². The molecule has 0 aliphatic rings. The quantitative estimate of drug-likeness (QED) is 0.803. The predicted molar refractivity (Wildman–Crippen MR) is 74.2 cm³/mol. The summed E-state index contributed by atoms with van der Waals surface area (Å²) in [7, 11) is 0. The minimum absolute atomic E-state index is 0.135. The maximum Gasteiger partial charge on any atom is 0.325 e. The van der Waals surface area contributed by atoms with Gasteiger partial charge in [0.25, 0.3) is 0 Å². The average molecular weight is 264 g/mol. The second kappa shape index (κ2) is 7.41. The molecule has 0 aliphatic heterocycles. The molecule has 1 aromatic carbocycles.